The topological polar surface area (TPSA) is 57.5 Å². The number of piperidine rings is 1. The summed E-state index contributed by atoms with van der Waals surface area (Å²) in [5, 5.41) is 4.27. The Morgan fingerprint density at radius 3 is 2.66 bits per heavy atom. The van der Waals surface area contributed by atoms with Gasteiger partial charge in [-0.15, -0.1) is 0 Å². The predicted molar refractivity (Wildman–Crippen MR) is 114 cm³/mol. The van der Waals surface area contributed by atoms with E-state index >= 15 is 0 Å². The van der Waals surface area contributed by atoms with Crippen LogP contribution in [-0.4, -0.2) is 76.8 Å². The van der Waals surface area contributed by atoms with Crippen LogP contribution in [0.5, 0.6) is 0 Å². The summed E-state index contributed by atoms with van der Waals surface area (Å²) < 4.78 is 1.99. The summed E-state index contributed by atoms with van der Waals surface area (Å²) in [5.74, 6) is 1.72. The third kappa shape index (κ3) is 4.78. The Kier molecular flexibility index (Phi) is 6.13. The number of likely N-dealkylation sites (N-methyl/N-ethyl adjacent to an activating group) is 2. The molecule has 4 heterocycles. The first-order valence-electron chi connectivity index (χ1n) is 10.7. The summed E-state index contributed by atoms with van der Waals surface area (Å²) in [7, 11) is 4.26. The first kappa shape index (κ1) is 19.9. The summed E-state index contributed by atoms with van der Waals surface area (Å²) in [6.45, 7) is 4.82. The third-order valence-electron chi connectivity index (χ3n) is 6.50. The van der Waals surface area contributed by atoms with Crippen molar-refractivity contribution in [3.63, 3.8) is 0 Å². The second-order valence-electron chi connectivity index (χ2n) is 8.51. The van der Waals surface area contributed by atoms with Crippen LogP contribution in [0.15, 0.2) is 36.8 Å². The van der Waals surface area contributed by atoms with E-state index in [4.69, 9.17) is 0 Å². The van der Waals surface area contributed by atoms with Gasteiger partial charge < -0.3 is 14.7 Å². The predicted octanol–water partition coefficient (Wildman–Crippen LogP) is 2.36. The van der Waals surface area contributed by atoms with E-state index in [1.165, 1.54) is 0 Å². The van der Waals surface area contributed by atoms with Crippen LogP contribution in [0, 0.1) is 5.92 Å². The minimum Gasteiger partial charge on any atom is -0.355 e. The summed E-state index contributed by atoms with van der Waals surface area (Å²) in [6, 6.07) is 6.38. The second kappa shape index (κ2) is 8.95. The smallest absolute Gasteiger partial charge is 0.255 e. The molecule has 2 aromatic rings. The Balaban J connectivity index is 1.27. The lowest BCUT2D eigenvalue weighted by Crippen LogP contribution is -2.39. The van der Waals surface area contributed by atoms with E-state index in [1.807, 2.05) is 40.2 Å². The van der Waals surface area contributed by atoms with E-state index in [1.54, 1.807) is 6.20 Å². The normalized spacial score (nSPS) is 20.9. The number of carbonyl (C=O) groups is 1. The molecular weight excluding hydrogens is 364 g/mol. The molecule has 2 saturated heterocycles. The van der Waals surface area contributed by atoms with Crippen LogP contribution in [0.3, 0.4) is 0 Å². The number of nitrogens with zero attached hydrogens (tertiary/aromatic N) is 6. The SMILES string of the molecule is CN1CCC(N(C)c2ccc(C(=O)N3CCC(CCn4cccn4)CC3)cn2)C1. The minimum absolute atomic E-state index is 0.109. The van der Waals surface area contributed by atoms with Crippen molar-refractivity contribution in [2.75, 3.05) is 45.2 Å². The van der Waals surface area contributed by atoms with Gasteiger partial charge in [0.25, 0.3) is 5.91 Å². The van der Waals surface area contributed by atoms with E-state index in [2.05, 4.69) is 34.0 Å². The zero-order chi connectivity index (χ0) is 20.2. The van der Waals surface area contributed by atoms with Gasteiger partial charge >= 0.3 is 0 Å². The number of carbonyl (C=O) groups excluding carboxylic acids is 1. The van der Waals surface area contributed by atoms with Gasteiger partial charge in [0.2, 0.25) is 0 Å². The average molecular weight is 397 g/mol. The summed E-state index contributed by atoms with van der Waals surface area (Å²) in [4.78, 5) is 24.0. The van der Waals surface area contributed by atoms with E-state index in [0.717, 1.165) is 64.2 Å². The molecule has 1 unspecified atom stereocenters. The largest absolute Gasteiger partial charge is 0.355 e. The molecule has 7 heteroatoms. The number of aryl methyl sites for hydroxylation is 1. The Hall–Kier alpha value is -2.41. The quantitative estimate of drug-likeness (QED) is 0.750. The molecule has 2 aliphatic heterocycles. The number of amides is 1. The van der Waals surface area contributed by atoms with Crippen LogP contribution in [0.1, 0.15) is 36.0 Å². The molecule has 2 aromatic heterocycles. The summed E-state index contributed by atoms with van der Waals surface area (Å²) in [6.07, 6.45) is 10.00. The van der Waals surface area contributed by atoms with Gasteiger partial charge in [-0.05, 0) is 63.4 Å². The summed E-state index contributed by atoms with van der Waals surface area (Å²) >= 11 is 0. The Bertz CT molecular complexity index is 782. The van der Waals surface area contributed by atoms with Crippen LogP contribution in [0.25, 0.3) is 0 Å². The van der Waals surface area contributed by atoms with Crippen LogP contribution in [0.4, 0.5) is 5.82 Å². The van der Waals surface area contributed by atoms with Crippen molar-refractivity contribution in [2.45, 2.75) is 38.3 Å². The number of hydrogen-bond acceptors (Lipinski definition) is 5. The molecule has 1 atom stereocenters. The molecule has 0 saturated carbocycles. The monoisotopic (exact) mass is 396 g/mol. The maximum absolute atomic E-state index is 12.9. The number of likely N-dealkylation sites (tertiary alicyclic amines) is 2. The van der Waals surface area contributed by atoms with Crippen molar-refractivity contribution in [3.05, 3.63) is 42.4 Å². The van der Waals surface area contributed by atoms with Gasteiger partial charge in [-0.3, -0.25) is 9.48 Å². The van der Waals surface area contributed by atoms with Crippen LogP contribution < -0.4 is 4.90 Å². The highest BCUT2D eigenvalue weighted by Crippen LogP contribution is 2.23. The van der Waals surface area contributed by atoms with Crippen LogP contribution in [-0.2, 0) is 6.54 Å². The second-order valence-corrected chi connectivity index (χ2v) is 8.51. The fourth-order valence-corrected chi connectivity index (χ4v) is 4.49. The number of hydrogen-bond donors (Lipinski definition) is 0. The zero-order valence-corrected chi connectivity index (χ0v) is 17.6. The highest BCUT2D eigenvalue weighted by atomic mass is 16.2. The van der Waals surface area contributed by atoms with Crippen molar-refractivity contribution in [3.8, 4) is 0 Å². The minimum atomic E-state index is 0.109. The Labute approximate surface area is 173 Å². The molecule has 0 N–H and O–H groups in total. The number of pyridine rings is 1. The van der Waals surface area contributed by atoms with Crippen LogP contribution in [0.2, 0.25) is 0 Å². The molecule has 0 radical (unpaired) electrons. The number of aromatic nitrogens is 3. The lowest BCUT2D eigenvalue weighted by atomic mass is 9.93. The maximum atomic E-state index is 12.9. The molecule has 0 aromatic carbocycles. The highest BCUT2D eigenvalue weighted by molar-refractivity contribution is 5.94. The first-order valence-corrected chi connectivity index (χ1v) is 10.7. The molecule has 156 valence electrons. The van der Waals surface area contributed by atoms with Gasteiger partial charge in [0.05, 0.1) is 5.56 Å². The highest BCUT2D eigenvalue weighted by Gasteiger charge is 2.26. The molecular formula is C22H32N6O. The lowest BCUT2D eigenvalue weighted by molar-refractivity contribution is 0.0684. The standard InChI is InChI=1S/C22H32N6O/c1-25-12-9-20(17-25)26(2)21-5-4-19(16-23-21)22(29)27-13-6-18(7-14-27)8-15-28-11-3-10-24-28/h3-5,10-11,16,18,20H,6-9,12-15,17H2,1-2H3. The lowest BCUT2D eigenvalue weighted by Gasteiger charge is -2.32. The van der Waals surface area contributed by atoms with Gasteiger partial charge in [0, 0.05) is 57.9 Å². The summed E-state index contributed by atoms with van der Waals surface area (Å²) in [5.41, 5.74) is 0.695. The molecule has 2 fully saturated rings. The zero-order valence-electron chi connectivity index (χ0n) is 17.6. The Morgan fingerprint density at radius 1 is 1.21 bits per heavy atom. The van der Waals surface area contributed by atoms with E-state index < -0.39 is 0 Å². The number of anilines is 1. The molecule has 4 rings (SSSR count). The molecule has 2 aliphatic rings. The molecule has 0 spiro atoms. The fourth-order valence-electron chi connectivity index (χ4n) is 4.49. The van der Waals surface area contributed by atoms with Gasteiger partial charge in [0.1, 0.15) is 5.82 Å². The van der Waals surface area contributed by atoms with E-state index in [0.29, 0.717) is 17.5 Å². The van der Waals surface area contributed by atoms with Crippen molar-refractivity contribution < 1.29 is 4.79 Å². The molecule has 0 bridgehead atoms. The fraction of sp³-hybridized carbons (Fsp3) is 0.591. The molecule has 7 nitrogen and oxygen atoms in total. The first-order chi connectivity index (χ1) is 14.1. The maximum Gasteiger partial charge on any atom is 0.255 e. The van der Waals surface area contributed by atoms with Crippen LogP contribution >= 0.6 is 0 Å². The van der Waals surface area contributed by atoms with Crippen molar-refractivity contribution in [2.24, 2.45) is 5.92 Å². The molecule has 0 aliphatic carbocycles. The number of rotatable bonds is 6. The van der Waals surface area contributed by atoms with Gasteiger partial charge in [-0.2, -0.15) is 5.10 Å². The third-order valence-corrected chi connectivity index (χ3v) is 6.50. The molecule has 29 heavy (non-hydrogen) atoms. The van der Waals surface area contributed by atoms with Gasteiger partial charge in [-0.1, -0.05) is 0 Å². The van der Waals surface area contributed by atoms with E-state index in [9.17, 15) is 4.79 Å². The molecule has 1 amide bonds. The van der Waals surface area contributed by atoms with E-state index in [-0.39, 0.29) is 5.91 Å². The van der Waals surface area contributed by atoms with Crippen molar-refractivity contribution in [1.82, 2.24) is 24.6 Å². The van der Waals surface area contributed by atoms with Gasteiger partial charge in [-0.25, -0.2) is 4.98 Å². The Morgan fingerprint density at radius 2 is 2.03 bits per heavy atom. The van der Waals surface area contributed by atoms with Crippen molar-refractivity contribution in [1.29, 1.82) is 0 Å². The van der Waals surface area contributed by atoms with Crippen molar-refractivity contribution >= 4 is 11.7 Å². The van der Waals surface area contributed by atoms with Gasteiger partial charge in [0.15, 0.2) is 0 Å². The average Bonchev–Trinajstić information content (AvgIpc) is 3.43.